The third-order valence-corrected chi connectivity index (χ3v) is 2.87. The highest BCUT2D eigenvalue weighted by Crippen LogP contribution is 2.13. The van der Waals surface area contributed by atoms with E-state index in [1.54, 1.807) is 24.1 Å². The van der Waals surface area contributed by atoms with Gasteiger partial charge >= 0.3 is 6.03 Å². The number of urea groups is 1. The maximum absolute atomic E-state index is 13.0. The number of carbonyl (C=O) groups is 1. The number of benzene rings is 1. The van der Waals surface area contributed by atoms with Crippen LogP contribution in [0.1, 0.15) is 27.2 Å². The molecule has 0 aliphatic heterocycles. The molecule has 0 bridgehead atoms. The SMILES string of the molecule is CC(C)C[C@H](C)N(C)C(=O)Nc1cccc(F)c1. The van der Waals surface area contributed by atoms with Crippen molar-refractivity contribution in [1.29, 1.82) is 0 Å². The molecule has 0 fully saturated rings. The minimum atomic E-state index is -0.356. The summed E-state index contributed by atoms with van der Waals surface area (Å²) in [6.07, 6.45) is 0.938. The van der Waals surface area contributed by atoms with Gasteiger partial charge in [-0.25, -0.2) is 9.18 Å². The summed E-state index contributed by atoms with van der Waals surface area (Å²) in [6.45, 7) is 6.24. The summed E-state index contributed by atoms with van der Waals surface area (Å²) < 4.78 is 13.0. The Hall–Kier alpha value is -1.58. The van der Waals surface area contributed by atoms with Gasteiger partial charge in [0.25, 0.3) is 0 Å². The van der Waals surface area contributed by atoms with Gasteiger partial charge in [-0.2, -0.15) is 0 Å². The van der Waals surface area contributed by atoms with Gasteiger partial charge in [0.1, 0.15) is 5.82 Å². The average molecular weight is 252 g/mol. The van der Waals surface area contributed by atoms with Crippen LogP contribution in [-0.4, -0.2) is 24.0 Å². The maximum atomic E-state index is 13.0. The van der Waals surface area contributed by atoms with Gasteiger partial charge in [-0.3, -0.25) is 0 Å². The largest absolute Gasteiger partial charge is 0.325 e. The van der Waals surface area contributed by atoms with E-state index in [-0.39, 0.29) is 17.9 Å². The van der Waals surface area contributed by atoms with E-state index in [0.717, 1.165) is 6.42 Å². The van der Waals surface area contributed by atoms with Crippen LogP contribution in [0, 0.1) is 11.7 Å². The van der Waals surface area contributed by atoms with E-state index in [0.29, 0.717) is 11.6 Å². The highest BCUT2D eigenvalue weighted by molar-refractivity contribution is 5.89. The Kier molecular flexibility index (Phi) is 5.13. The number of anilines is 1. The molecule has 1 N–H and O–H groups in total. The zero-order chi connectivity index (χ0) is 13.7. The molecule has 3 nitrogen and oxygen atoms in total. The Bertz CT molecular complexity index is 407. The topological polar surface area (TPSA) is 32.3 Å². The molecule has 0 aromatic heterocycles. The monoisotopic (exact) mass is 252 g/mol. The second-order valence-corrected chi connectivity index (χ2v) is 5.03. The number of hydrogen-bond donors (Lipinski definition) is 1. The van der Waals surface area contributed by atoms with Crippen molar-refractivity contribution in [1.82, 2.24) is 4.90 Å². The van der Waals surface area contributed by atoms with E-state index in [9.17, 15) is 9.18 Å². The van der Waals surface area contributed by atoms with E-state index in [1.165, 1.54) is 12.1 Å². The van der Waals surface area contributed by atoms with E-state index >= 15 is 0 Å². The summed E-state index contributed by atoms with van der Waals surface area (Å²) in [6, 6.07) is 5.83. The molecule has 0 spiro atoms. The minimum Gasteiger partial charge on any atom is -0.325 e. The Morgan fingerprint density at radius 3 is 2.61 bits per heavy atom. The van der Waals surface area contributed by atoms with Crippen LogP contribution in [0.3, 0.4) is 0 Å². The molecule has 2 amide bonds. The van der Waals surface area contributed by atoms with Gasteiger partial charge in [0.15, 0.2) is 0 Å². The fourth-order valence-electron chi connectivity index (χ4n) is 1.82. The van der Waals surface area contributed by atoms with E-state index in [4.69, 9.17) is 0 Å². The van der Waals surface area contributed by atoms with Crippen LogP contribution < -0.4 is 5.32 Å². The highest BCUT2D eigenvalue weighted by Gasteiger charge is 2.16. The van der Waals surface area contributed by atoms with Crippen molar-refractivity contribution in [2.24, 2.45) is 5.92 Å². The molecule has 0 saturated heterocycles. The van der Waals surface area contributed by atoms with Crippen LogP contribution in [0.15, 0.2) is 24.3 Å². The number of halogens is 1. The Morgan fingerprint density at radius 1 is 1.39 bits per heavy atom. The first kappa shape index (κ1) is 14.5. The lowest BCUT2D eigenvalue weighted by atomic mass is 10.0. The number of nitrogens with zero attached hydrogens (tertiary/aromatic N) is 1. The lowest BCUT2D eigenvalue weighted by molar-refractivity contribution is 0.200. The first-order valence-corrected chi connectivity index (χ1v) is 6.19. The van der Waals surface area contributed by atoms with Crippen LogP contribution in [0.4, 0.5) is 14.9 Å². The van der Waals surface area contributed by atoms with Crippen molar-refractivity contribution in [3.63, 3.8) is 0 Å². The van der Waals surface area contributed by atoms with Gasteiger partial charge in [-0.1, -0.05) is 19.9 Å². The predicted octanol–water partition coefficient (Wildman–Crippen LogP) is 3.72. The summed E-state index contributed by atoms with van der Waals surface area (Å²) in [5, 5.41) is 2.68. The summed E-state index contributed by atoms with van der Waals surface area (Å²) in [4.78, 5) is 13.6. The second kappa shape index (κ2) is 6.38. The standard InChI is InChI=1S/C14H21FN2O/c1-10(2)8-11(3)17(4)14(18)16-13-7-5-6-12(15)9-13/h5-7,9-11H,8H2,1-4H3,(H,16,18)/t11-/m0/s1. The van der Waals surface area contributed by atoms with Gasteiger partial charge in [0, 0.05) is 18.8 Å². The van der Waals surface area contributed by atoms with Crippen LogP contribution in [0.5, 0.6) is 0 Å². The van der Waals surface area contributed by atoms with Gasteiger partial charge in [0.2, 0.25) is 0 Å². The number of carbonyl (C=O) groups excluding carboxylic acids is 1. The smallest absolute Gasteiger partial charge is 0.321 e. The summed E-state index contributed by atoms with van der Waals surface area (Å²) in [5.74, 6) is 0.176. The van der Waals surface area contributed by atoms with Gasteiger partial charge < -0.3 is 10.2 Å². The van der Waals surface area contributed by atoms with E-state index in [2.05, 4.69) is 19.2 Å². The van der Waals surface area contributed by atoms with Crippen molar-refractivity contribution in [2.45, 2.75) is 33.2 Å². The lowest BCUT2D eigenvalue weighted by Crippen LogP contribution is -2.38. The van der Waals surface area contributed by atoms with Crippen LogP contribution in [0.2, 0.25) is 0 Å². The van der Waals surface area contributed by atoms with Crippen LogP contribution in [0.25, 0.3) is 0 Å². The molecule has 0 saturated carbocycles. The molecular formula is C14H21FN2O. The number of nitrogens with one attached hydrogen (secondary N) is 1. The molecule has 4 heteroatoms. The fourth-order valence-corrected chi connectivity index (χ4v) is 1.82. The zero-order valence-electron chi connectivity index (χ0n) is 11.4. The van der Waals surface area contributed by atoms with Crippen molar-refractivity contribution in [2.75, 3.05) is 12.4 Å². The van der Waals surface area contributed by atoms with E-state index < -0.39 is 0 Å². The maximum Gasteiger partial charge on any atom is 0.321 e. The third-order valence-electron chi connectivity index (χ3n) is 2.87. The quantitative estimate of drug-likeness (QED) is 0.870. The normalized spacial score (nSPS) is 12.3. The number of rotatable bonds is 4. The molecule has 0 unspecified atom stereocenters. The number of amides is 2. The molecule has 1 atom stereocenters. The Morgan fingerprint density at radius 2 is 2.06 bits per heavy atom. The Labute approximate surface area is 108 Å². The zero-order valence-corrected chi connectivity index (χ0v) is 11.4. The molecule has 0 heterocycles. The van der Waals surface area contributed by atoms with Gasteiger partial charge in [0.05, 0.1) is 0 Å². The van der Waals surface area contributed by atoms with Gasteiger partial charge in [-0.15, -0.1) is 0 Å². The summed E-state index contributed by atoms with van der Waals surface area (Å²) >= 11 is 0. The van der Waals surface area contributed by atoms with Gasteiger partial charge in [-0.05, 0) is 37.5 Å². The van der Waals surface area contributed by atoms with Crippen molar-refractivity contribution < 1.29 is 9.18 Å². The van der Waals surface area contributed by atoms with E-state index in [1.807, 2.05) is 6.92 Å². The highest BCUT2D eigenvalue weighted by atomic mass is 19.1. The van der Waals surface area contributed by atoms with Crippen molar-refractivity contribution in [3.8, 4) is 0 Å². The molecule has 1 aromatic rings. The molecule has 0 radical (unpaired) electrons. The molecule has 1 aromatic carbocycles. The second-order valence-electron chi connectivity index (χ2n) is 5.03. The first-order valence-electron chi connectivity index (χ1n) is 6.19. The fraction of sp³-hybridized carbons (Fsp3) is 0.500. The molecule has 18 heavy (non-hydrogen) atoms. The number of hydrogen-bond acceptors (Lipinski definition) is 1. The molecular weight excluding hydrogens is 231 g/mol. The van der Waals surface area contributed by atoms with Crippen molar-refractivity contribution in [3.05, 3.63) is 30.1 Å². The molecule has 100 valence electrons. The molecule has 0 aliphatic carbocycles. The summed E-state index contributed by atoms with van der Waals surface area (Å²) in [5.41, 5.74) is 0.476. The minimum absolute atomic E-state index is 0.151. The molecule has 0 aliphatic rings. The van der Waals surface area contributed by atoms with Crippen molar-refractivity contribution >= 4 is 11.7 Å². The Balaban J connectivity index is 2.59. The van der Waals surface area contributed by atoms with Crippen LogP contribution >= 0.6 is 0 Å². The lowest BCUT2D eigenvalue weighted by Gasteiger charge is -2.26. The summed E-state index contributed by atoms with van der Waals surface area (Å²) in [7, 11) is 1.75. The molecule has 1 rings (SSSR count). The average Bonchev–Trinajstić information content (AvgIpc) is 2.27. The van der Waals surface area contributed by atoms with Crippen LogP contribution in [-0.2, 0) is 0 Å². The third kappa shape index (κ3) is 4.35. The first-order chi connectivity index (χ1) is 8.40. The predicted molar refractivity (Wildman–Crippen MR) is 72.1 cm³/mol.